The van der Waals surface area contributed by atoms with E-state index in [0.717, 1.165) is 17.8 Å². The molecule has 6 nitrogen and oxygen atoms in total. The SMILES string of the molecule is O=S(=O)(c1ccc(F)cc1)c1nc(-c2ccccc2Cl)oc1N1CCN(c2cccc(Cl)c2)CC1. The van der Waals surface area contributed by atoms with Crippen molar-refractivity contribution < 1.29 is 17.2 Å². The summed E-state index contributed by atoms with van der Waals surface area (Å²) in [6, 6.07) is 19.2. The van der Waals surface area contributed by atoms with E-state index in [9.17, 15) is 12.8 Å². The summed E-state index contributed by atoms with van der Waals surface area (Å²) in [5, 5.41) is 0.810. The Hall–Kier alpha value is -3.07. The maximum absolute atomic E-state index is 13.5. The van der Waals surface area contributed by atoms with Crippen molar-refractivity contribution in [3.05, 3.63) is 88.7 Å². The predicted molar refractivity (Wildman–Crippen MR) is 135 cm³/mol. The highest BCUT2D eigenvalue weighted by Gasteiger charge is 2.33. The third kappa shape index (κ3) is 4.74. The predicted octanol–water partition coefficient (Wildman–Crippen LogP) is 5.95. The van der Waals surface area contributed by atoms with E-state index in [-0.39, 0.29) is 21.7 Å². The van der Waals surface area contributed by atoms with Gasteiger partial charge in [0.05, 0.1) is 15.5 Å². The minimum Gasteiger partial charge on any atom is -0.419 e. The van der Waals surface area contributed by atoms with Crippen LogP contribution in [0.3, 0.4) is 0 Å². The number of nitrogens with zero attached hydrogens (tertiary/aromatic N) is 3. The molecule has 3 aromatic carbocycles. The maximum atomic E-state index is 13.5. The Labute approximate surface area is 212 Å². The zero-order valence-electron chi connectivity index (χ0n) is 18.4. The molecule has 5 rings (SSSR count). The molecule has 0 unspecified atom stereocenters. The normalized spacial score (nSPS) is 14.4. The first-order valence-electron chi connectivity index (χ1n) is 10.8. The molecule has 1 saturated heterocycles. The van der Waals surface area contributed by atoms with Crippen molar-refractivity contribution in [3.63, 3.8) is 0 Å². The molecule has 10 heteroatoms. The summed E-state index contributed by atoms with van der Waals surface area (Å²) in [6.07, 6.45) is 0. The van der Waals surface area contributed by atoms with Crippen LogP contribution in [0.5, 0.6) is 0 Å². The summed E-state index contributed by atoms with van der Waals surface area (Å²) >= 11 is 12.5. The van der Waals surface area contributed by atoms with Crippen molar-refractivity contribution in [2.75, 3.05) is 36.0 Å². The van der Waals surface area contributed by atoms with Gasteiger partial charge >= 0.3 is 0 Å². The first-order chi connectivity index (χ1) is 16.8. The van der Waals surface area contributed by atoms with Crippen LogP contribution in [0.1, 0.15) is 0 Å². The molecule has 0 N–H and O–H groups in total. The van der Waals surface area contributed by atoms with Crippen molar-refractivity contribution in [1.82, 2.24) is 4.98 Å². The molecule has 0 aliphatic carbocycles. The first kappa shape index (κ1) is 23.7. The fourth-order valence-electron chi connectivity index (χ4n) is 3.99. The lowest BCUT2D eigenvalue weighted by Gasteiger charge is -2.36. The first-order valence-corrected chi connectivity index (χ1v) is 13.1. The van der Waals surface area contributed by atoms with Gasteiger partial charge in [0.1, 0.15) is 5.82 Å². The number of oxazole rings is 1. The van der Waals surface area contributed by atoms with E-state index in [2.05, 4.69) is 9.88 Å². The number of piperazine rings is 1. The molecule has 35 heavy (non-hydrogen) atoms. The molecule has 0 spiro atoms. The van der Waals surface area contributed by atoms with Crippen LogP contribution in [0, 0.1) is 5.82 Å². The molecule has 1 fully saturated rings. The second-order valence-electron chi connectivity index (χ2n) is 8.02. The van der Waals surface area contributed by atoms with Crippen molar-refractivity contribution >= 4 is 44.6 Å². The smallest absolute Gasteiger partial charge is 0.236 e. The van der Waals surface area contributed by atoms with Gasteiger partial charge in [-0.05, 0) is 54.6 Å². The van der Waals surface area contributed by atoms with Crippen LogP contribution >= 0.6 is 23.2 Å². The van der Waals surface area contributed by atoms with Gasteiger partial charge in [-0.2, -0.15) is 4.98 Å². The molecule has 0 atom stereocenters. The fraction of sp³-hybridized carbons (Fsp3) is 0.160. The Morgan fingerprint density at radius 1 is 0.857 bits per heavy atom. The average molecular weight is 532 g/mol. The molecule has 4 aromatic rings. The van der Waals surface area contributed by atoms with E-state index in [0.29, 0.717) is 41.8 Å². The maximum Gasteiger partial charge on any atom is 0.236 e. The highest BCUT2D eigenvalue weighted by Crippen LogP contribution is 2.37. The van der Waals surface area contributed by atoms with Crippen molar-refractivity contribution in [3.8, 4) is 11.5 Å². The van der Waals surface area contributed by atoms with Gasteiger partial charge < -0.3 is 14.2 Å². The Morgan fingerprint density at radius 3 is 2.23 bits per heavy atom. The highest BCUT2D eigenvalue weighted by molar-refractivity contribution is 7.91. The van der Waals surface area contributed by atoms with E-state index < -0.39 is 15.7 Å². The minimum absolute atomic E-state index is 0.0725. The molecule has 1 aliphatic rings. The number of benzene rings is 3. The summed E-state index contributed by atoms with van der Waals surface area (Å²) in [4.78, 5) is 8.32. The van der Waals surface area contributed by atoms with Gasteiger partial charge in [0.25, 0.3) is 0 Å². The van der Waals surface area contributed by atoms with Crippen LogP contribution < -0.4 is 9.80 Å². The molecule has 0 saturated carbocycles. The third-order valence-electron chi connectivity index (χ3n) is 5.80. The van der Waals surface area contributed by atoms with Gasteiger partial charge in [0.15, 0.2) is 0 Å². The largest absolute Gasteiger partial charge is 0.419 e. The average Bonchev–Trinajstić information content (AvgIpc) is 3.31. The molecular weight excluding hydrogens is 512 g/mol. The van der Waals surface area contributed by atoms with E-state index in [1.807, 2.05) is 29.2 Å². The lowest BCUT2D eigenvalue weighted by Crippen LogP contribution is -2.46. The number of halogens is 3. The lowest BCUT2D eigenvalue weighted by molar-refractivity contribution is 0.525. The van der Waals surface area contributed by atoms with Crippen LogP contribution in [-0.4, -0.2) is 39.6 Å². The molecule has 0 bridgehead atoms. The number of hydrogen-bond acceptors (Lipinski definition) is 6. The van der Waals surface area contributed by atoms with Crippen LogP contribution in [0.2, 0.25) is 10.0 Å². The van der Waals surface area contributed by atoms with E-state index in [1.54, 1.807) is 24.3 Å². The summed E-state index contributed by atoms with van der Waals surface area (Å²) in [7, 11) is -4.09. The number of anilines is 2. The standard InChI is InChI=1S/C25H20Cl2FN3O3S/c26-17-4-3-5-19(16-17)30-12-14-31(15-13-30)25-24(35(32,33)20-10-8-18(28)9-11-20)29-23(34-25)21-6-1-2-7-22(21)27/h1-11,16H,12-15H2. The van der Waals surface area contributed by atoms with Gasteiger partial charge in [-0.25, -0.2) is 12.8 Å². The molecule has 1 aliphatic heterocycles. The quantitative estimate of drug-likeness (QED) is 0.296. The number of sulfone groups is 1. The van der Waals surface area contributed by atoms with E-state index in [1.165, 1.54) is 12.1 Å². The summed E-state index contributed by atoms with van der Waals surface area (Å²) in [5.74, 6) is -0.295. The van der Waals surface area contributed by atoms with Crippen molar-refractivity contribution in [1.29, 1.82) is 0 Å². The summed E-state index contributed by atoms with van der Waals surface area (Å²) in [5.41, 5.74) is 1.47. The Morgan fingerprint density at radius 2 is 1.54 bits per heavy atom. The van der Waals surface area contributed by atoms with E-state index >= 15 is 0 Å². The van der Waals surface area contributed by atoms with Crippen molar-refractivity contribution in [2.45, 2.75) is 9.92 Å². The zero-order chi connectivity index (χ0) is 24.6. The summed E-state index contributed by atoms with van der Waals surface area (Å²) < 4.78 is 46.6. The Kier molecular flexibility index (Phi) is 6.44. The fourth-order valence-corrected chi connectivity index (χ4v) is 5.71. The van der Waals surface area contributed by atoms with Crippen LogP contribution in [0.4, 0.5) is 16.0 Å². The topological polar surface area (TPSA) is 66.7 Å². The Balaban J connectivity index is 1.52. The zero-order valence-corrected chi connectivity index (χ0v) is 20.7. The van der Waals surface area contributed by atoms with Crippen LogP contribution in [-0.2, 0) is 9.84 Å². The van der Waals surface area contributed by atoms with Gasteiger partial charge in [-0.3, -0.25) is 0 Å². The van der Waals surface area contributed by atoms with Crippen molar-refractivity contribution in [2.24, 2.45) is 0 Å². The van der Waals surface area contributed by atoms with Crippen LogP contribution in [0.25, 0.3) is 11.5 Å². The molecule has 180 valence electrons. The van der Waals surface area contributed by atoms with Gasteiger partial charge in [0.2, 0.25) is 26.6 Å². The molecule has 0 radical (unpaired) electrons. The van der Waals surface area contributed by atoms with Crippen LogP contribution in [0.15, 0.2) is 87.1 Å². The monoisotopic (exact) mass is 531 g/mol. The Bertz CT molecular complexity index is 1470. The second-order valence-corrected chi connectivity index (χ2v) is 10.7. The third-order valence-corrected chi connectivity index (χ3v) is 8.03. The van der Waals surface area contributed by atoms with Gasteiger partial charge in [0, 0.05) is 36.9 Å². The molecule has 0 amide bonds. The van der Waals surface area contributed by atoms with Gasteiger partial charge in [-0.1, -0.05) is 41.4 Å². The number of hydrogen-bond donors (Lipinski definition) is 0. The molecular formula is C25H20Cl2FN3O3S. The number of aromatic nitrogens is 1. The summed E-state index contributed by atoms with van der Waals surface area (Å²) in [6.45, 7) is 2.24. The molecule has 1 aromatic heterocycles. The highest BCUT2D eigenvalue weighted by atomic mass is 35.5. The second kappa shape index (κ2) is 9.53. The van der Waals surface area contributed by atoms with E-state index in [4.69, 9.17) is 27.6 Å². The van der Waals surface area contributed by atoms with Gasteiger partial charge in [-0.15, -0.1) is 0 Å². The lowest BCUT2D eigenvalue weighted by atomic mass is 10.2. The number of rotatable bonds is 5. The minimum atomic E-state index is -4.09. The molecule has 2 heterocycles.